The van der Waals surface area contributed by atoms with Gasteiger partial charge in [-0.3, -0.25) is 4.79 Å². The molecule has 8 heteroatoms. The number of para-hydroxylation sites is 2. The molecule has 4 aromatic rings. The van der Waals surface area contributed by atoms with Gasteiger partial charge < -0.3 is 10.1 Å². The summed E-state index contributed by atoms with van der Waals surface area (Å²) in [4.78, 5) is 13.5. The molecular weight excluding hydrogens is 434 g/mol. The monoisotopic (exact) mass is 459 g/mol. The smallest absolute Gasteiger partial charge is 0.242 e. The number of benzene rings is 3. The van der Waals surface area contributed by atoms with E-state index in [1.165, 1.54) is 17.3 Å². The molecule has 168 valence electrons. The fourth-order valence-corrected chi connectivity index (χ4v) is 4.32. The van der Waals surface area contributed by atoms with Gasteiger partial charge in [0.1, 0.15) is 11.0 Å². The van der Waals surface area contributed by atoms with Crippen molar-refractivity contribution in [3.05, 3.63) is 89.5 Å². The Hall–Kier alpha value is -3.65. The summed E-state index contributed by atoms with van der Waals surface area (Å²) in [6.45, 7) is 6.53. The molecule has 0 aliphatic heterocycles. The van der Waals surface area contributed by atoms with Gasteiger partial charge >= 0.3 is 0 Å². The van der Waals surface area contributed by atoms with Crippen molar-refractivity contribution in [3.63, 3.8) is 0 Å². The molecule has 1 atom stereocenters. The second-order valence-corrected chi connectivity index (χ2v) is 8.54. The number of nitrogens with zero attached hydrogens (tertiary/aromatic N) is 4. The van der Waals surface area contributed by atoms with E-state index < -0.39 is 5.25 Å². The fourth-order valence-electron chi connectivity index (χ4n) is 3.33. The van der Waals surface area contributed by atoms with E-state index in [1.54, 1.807) is 4.68 Å². The molecular formula is C25H25N5O2S. The van der Waals surface area contributed by atoms with E-state index in [-0.39, 0.29) is 5.91 Å². The van der Waals surface area contributed by atoms with Gasteiger partial charge in [-0.1, -0.05) is 60.3 Å². The van der Waals surface area contributed by atoms with Crippen LogP contribution in [0, 0.1) is 13.8 Å². The zero-order chi connectivity index (χ0) is 23.2. The van der Waals surface area contributed by atoms with Gasteiger partial charge in [0.15, 0.2) is 0 Å². The summed E-state index contributed by atoms with van der Waals surface area (Å²) in [6.07, 6.45) is 0. The van der Waals surface area contributed by atoms with Crippen LogP contribution in [0.25, 0.3) is 5.69 Å². The molecule has 1 aromatic heterocycles. The second-order valence-electron chi connectivity index (χ2n) is 7.47. The summed E-state index contributed by atoms with van der Waals surface area (Å²) < 4.78 is 7.33. The Morgan fingerprint density at radius 3 is 2.55 bits per heavy atom. The maximum atomic E-state index is 13.5. The number of hydrogen-bond acceptors (Lipinski definition) is 6. The molecule has 0 aliphatic rings. The Labute approximate surface area is 197 Å². The van der Waals surface area contributed by atoms with Crippen molar-refractivity contribution in [2.24, 2.45) is 0 Å². The van der Waals surface area contributed by atoms with Gasteiger partial charge in [0.2, 0.25) is 11.1 Å². The summed E-state index contributed by atoms with van der Waals surface area (Å²) in [5.41, 5.74) is 4.65. The minimum absolute atomic E-state index is 0.187. The number of aryl methyl sites for hydroxylation is 2. The van der Waals surface area contributed by atoms with E-state index >= 15 is 0 Å². The van der Waals surface area contributed by atoms with E-state index in [1.807, 2.05) is 86.6 Å². The van der Waals surface area contributed by atoms with Gasteiger partial charge in [0.05, 0.1) is 18.0 Å². The molecule has 0 spiro atoms. The van der Waals surface area contributed by atoms with Crippen LogP contribution in [0.2, 0.25) is 0 Å². The molecule has 0 aliphatic carbocycles. The standard InChI is InChI=1S/C25H25N5O2S/c1-4-32-22-13-9-8-12-21(22)26-24(31)23(19-10-6-5-7-11-19)33-25-27-28-29-30(25)20-15-14-17(2)18(3)16-20/h5-16,23H,4H2,1-3H3,(H,26,31). The maximum absolute atomic E-state index is 13.5. The Kier molecular flexibility index (Phi) is 7.04. The van der Waals surface area contributed by atoms with E-state index in [0.717, 1.165) is 16.8 Å². The highest BCUT2D eigenvalue weighted by Crippen LogP contribution is 2.36. The third-order valence-electron chi connectivity index (χ3n) is 5.18. The molecule has 1 heterocycles. The van der Waals surface area contributed by atoms with Gasteiger partial charge in [-0.15, -0.1) is 5.10 Å². The lowest BCUT2D eigenvalue weighted by Gasteiger charge is -2.18. The van der Waals surface area contributed by atoms with E-state index in [4.69, 9.17) is 4.74 Å². The summed E-state index contributed by atoms with van der Waals surface area (Å²) in [5.74, 6) is 0.443. The van der Waals surface area contributed by atoms with Crippen LogP contribution in [0.3, 0.4) is 0 Å². The third-order valence-corrected chi connectivity index (χ3v) is 6.37. The topological polar surface area (TPSA) is 81.9 Å². The summed E-state index contributed by atoms with van der Waals surface area (Å²) in [6, 6.07) is 23.0. The number of tetrazole rings is 1. The third kappa shape index (κ3) is 5.23. The molecule has 0 saturated heterocycles. The predicted molar refractivity (Wildman–Crippen MR) is 130 cm³/mol. The lowest BCUT2D eigenvalue weighted by Crippen LogP contribution is -2.20. The number of nitrogens with one attached hydrogen (secondary N) is 1. The van der Waals surface area contributed by atoms with Crippen molar-refractivity contribution in [1.29, 1.82) is 0 Å². The van der Waals surface area contributed by atoms with Gasteiger partial charge in [-0.2, -0.15) is 4.68 Å². The first-order valence-electron chi connectivity index (χ1n) is 10.7. The van der Waals surface area contributed by atoms with Crippen LogP contribution in [-0.4, -0.2) is 32.7 Å². The van der Waals surface area contributed by atoms with Gasteiger partial charge in [0, 0.05) is 0 Å². The number of ether oxygens (including phenoxy) is 1. The van der Waals surface area contributed by atoms with Crippen LogP contribution >= 0.6 is 11.8 Å². The van der Waals surface area contributed by atoms with Gasteiger partial charge in [-0.25, -0.2) is 0 Å². The Morgan fingerprint density at radius 1 is 1.03 bits per heavy atom. The Bertz CT molecular complexity index is 1240. The highest BCUT2D eigenvalue weighted by atomic mass is 32.2. The molecule has 1 N–H and O–H groups in total. The number of rotatable bonds is 8. The minimum atomic E-state index is -0.572. The largest absolute Gasteiger partial charge is 0.492 e. The Morgan fingerprint density at radius 2 is 1.79 bits per heavy atom. The highest BCUT2D eigenvalue weighted by molar-refractivity contribution is 8.00. The lowest BCUT2D eigenvalue weighted by atomic mass is 10.1. The van der Waals surface area contributed by atoms with Crippen LogP contribution in [0.15, 0.2) is 78.0 Å². The van der Waals surface area contributed by atoms with E-state index in [0.29, 0.717) is 23.2 Å². The van der Waals surface area contributed by atoms with E-state index in [2.05, 4.69) is 27.8 Å². The van der Waals surface area contributed by atoms with Crippen LogP contribution in [0.5, 0.6) is 5.75 Å². The molecule has 0 saturated carbocycles. The van der Waals surface area contributed by atoms with Crippen molar-refractivity contribution in [2.75, 3.05) is 11.9 Å². The summed E-state index contributed by atoms with van der Waals surface area (Å²) >= 11 is 1.30. The average molecular weight is 460 g/mol. The second kappa shape index (κ2) is 10.3. The normalized spacial score (nSPS) is 11.7. The van der Waals surface area contributed by atoms with Crippen molar-refractivity contribution < 1.29 is 9.53 Å². The highest BCUT2D eigenvalue weighted by Gasteiger charge is 2.26. The number of carbonyl (C=O) groups is 1. The average Bonchev–Trinajstić information content (AvgIpc) is 3.29. The SMILES string of the molecule is CCOc1ccccc1NC(=O)C(Sc1nnnn1-c1ccc(C)c(C)c1)c1ccccc1. The Balaban J connectivity index is 1.66. The number of aromatic nitrogens is 4. The maximum Gasteiger partial charge on any atom is 0.242 e. The molecule has 3 aromatic carbocycles. The quantitative estimate of drug-likeness (QED) is 0.367. The fraction of sp³-hybridized carbons (Fsp3) is 0.200. The van der Waals surface area contributed by atoms with E-state index in [9.17, 15) is 4.79 Å². The summed E-state index contributed by atoms with van der Waals surface area (Å²) in [7, 11) is 0. The first-order valence-corrected chi connectivity index (χ1v) is 11.5. The van der Waals surface area contributed by atoms with Crippen molar-refractivity contribution in [2.45, 2.75) is 31.2 Å². The molecule has 0 radical (unpaired) electrons. The number of anilines is 1. The molecule has 1 unspecified atom stereocenters. The molecule has 1 amide bonds. The number of thioether (sulfide) groups is 1. The lowest BCUT2D eigenvalue weighted by molar-refractivity contribution is -0.115. The van der Waals surface area contributed by atoms with Crippen molar-refractivity contribution in [1.82, 2.24) is 20.2 Å². The first-order chi connectivity index (χ1) is 16.1. The summed E-state index contributed by atoms with van der Waals surface area (Å²) in [5, 5.41) is 15.2. The molecule has 4 rings (SSSR count). The zero-order valence-corrected chi connectivity index (χ0v) is 19.5. The van der Waals surface area contributed by atoms with Gasteiger partial charge in [0.25, 0.3) is 0 Å². The molecule has 0 bridgehead atoms. The first kappa shape index (κ1) is 22.5. The van der Waals surface area contributed by atoms with Crippen LogP contribution in [-0.2, 0) is 4.79 Å². The molecule has 7 nitrogen and oxygen atoms in total. The number of amides is 1. The van der Waals surface area contributed by atoms with Crippen LogP contribution < -0.4 is 10.1 Å². The molecule has 0 fully saturated rings. The zero-order valence-electron chi connectivity index (χ0n) is 18.7. The number of carbonyl (C=O) groups excluding carboxylic acids is 1. The predicted octanol–water partition coefficient (Wildman–Crippen LogP) is 5.15. The molecule has 33 heavy (non-hydrogen) atoms. The van der Waals surface area contributed by atoms with Crippen molar-refractivity contribution >= 4 is 23.4 Å². The minimum Gasteiger partial charge on any atom is -0.492 e. The van der Waals surface area contributed by atoms with Crippen LogP contribution in [0.4, 0.5) is 5.69 Å². The van der Waals surface area contributed by atoms with Crippen LogP contribution in [0.1, 0.15) is 28.9 Å². The van der Waals surface area contributed by atoms with Gasteiger partial charge in [-0.05, 0) is 72.2 Å². The number of hydrogen-bond donors (Lipinski definition) is 1. The van der Waals surface area contributed by atoms with Crippen molar-refractivity contribution in [3.8, 4) is 11.4 Å².